The molecule has 0 aliphatic heterocycles. The van der Waals surface area contributed by atoms with Gasteiger partial charge in [-0.15, -0.1) is 11.3 Å². The van der Waals surface area contributed by atoms with Crippen molar-refractivity contribution in [3.8, 4) is 11.5 Å². The van der Waals surface area contributed by atoms with E-state index in [2.05, 4.69) is 15.3 Å². The molecule has 0 saturated heterocycles. The lowest BCUT2D eigenvalue weighted by atomic mass is 10.1. The number of methoxy groups -OCH3 is 1. The summed E-state index contributed by atoms with van der Waals surface area (Å²) >= 11 is 1.58. The van der Waals surface area contributed by atoms with Crippen LogP contribution in [0.1, 0.15) is 21.1 Å². The molecule has 2 aromatic carbocycles. The Bertz CT molecular complexity index is 1170. The smallest absolute Gasteiger partial charge is 0.255 e. The van der Waals surface area contributed by atoms with Crippen LogP contribution in [0.5, 0.6) is 11.5 Å². The average molecular weight is 405 g/mol. The minimum atomic E-state index is -0.235. The molecule has 1 N–H and O–H groups in total. The van der Waals surface area contributed by atoms with Crippen LogP contribution in [0.3, 0.4) is 0 Å². The standard InChI is InChI=1S/C22H19N3O3S/c1-14-24-16(13-29-14)12-28-20-9-8-15(11-21(20)27-2)22(26)25-19-7-3-6-18-17(19)5-4-10-23-18/h3-11,13H,12H2,1-2H3,(H,25,26). The topological polar surface area (TPSA) is 73.3 Å². The van der Waals surface area contributed by atoms with Gasteiger partial charge in [-0.3, -0.25) is 9.78 Å². The lowest BCUT2D eigenvalue weighted by Crippen LogP contribution is -2.12. The molecule has 4 rings (SSSR count). The van der Waals surface area contributed by atoms with Crippen LogP contribution in [-0.2, 0) is 6.61 Å². The lowest BCUT2D eigenvalue weighted by Gasteiger charge is -2.12. The van der Waals surface area contributed by atoms with Crippen LogP contribution >= 0.6 is 11.3 Å². The lowest BCUT2D eigenvalue weighted by molar-refractivity contribution is 0.102. The van der Waals surface area contributed by atoms with E-state index < -0.39 is 0 Å². The summed E-state index contributed by atoms with van der Waals surface area (Å²) in [5.41, 5.74) is 2.86. The minimum absolute atomic E-state index is 0.235. The number of nitrogens with one attached hydrogen (secondary N) is 1. The van der Waals surface area contributed by atoms with Crippen molar-refractivity contribution < 1.29 is 14.3 Å². The fraction of sp³-hybridized carbons (Fsp3) is 0.136. The normalized spacial score (nSPS) is 10.7. The van der Waals surface area contributed by atoms with Crippen molar-refractivity contribution in [1.82, 2.24) is 9.97 Å². The van der Waals surface area contributed by atoms with Gasteiger partial charge in [0.2, 0.25) is 0 Å². The number of rotatable bonds is 6. The second-order valence-electron chi connectivity index (χ2n) is 6.34. The summed E-state index contributed by atoms with van der Waals surface area (Å²) in [6.45, 7) is 2.30. The third-order valence-corrected chi connectivity index (χ3v) is 5.18. The number of aromatic nitrogens is 2. The molecule has 0 bridgehead atoms. The summed E-state index contributed by atoms with van der Waals surface area (Å²) in [4.78, 5) is 21.5. The second kappa shape index (κ2) is 8.28. The quantitative estimate of drug-likeness (QED) is 0.497. The van der Waals surface area contributed by atoms with Gasteiger partial charge in [0, 0.05) is 22.5 Å². The number of ether oxygens (including phenoxy) is 2. The Morgan fingerprint density at radius 2 is 2.03 bits per heavy atom. The molecule has 6 nitrogen and oxygen atoms in total. The van der Waals surface area contributed by atoms with Gasteiger partial charge in [-0.2, -0.15) is 0 Å². The Balaban J connectivity index is 1.52. The molecule has 4 aromatic rings. The first kappa shape index (κ1) is 18.9. The predicted molar refractivity (Wildman–Crippen MR) is 114 cm³/mol. The molecule has 0 atom stereocenters. The van der Waals surface area contributed by atoms with Gasteiger partial charge >= 0.3 is 0 Å². The highest BCUT2D eigenvalue weighted by atomic mass is 32.1. The van der Waals surface area contributed by atoms with E-state index in [0.717, 1.165) is 21.6 Å². The number of nitrogens with zero attached hydrogens (tertiary/aromatic N) is 2. The predicted octanol–water partition coefficient (Wildman–Crippen LogP) is 4.84. The monoisotopic (exact) mass is 405 g/mol. The molecule has 146 valence electrons. The Labute approximate surface area is 172 Å². The van der Waals surface area contributed by atoms with Gasteiger partial charge in [-0.25, -0.2) is 4.98 Å². The van der Waals surface area contributed by atoms with Crippen LogP contribution in [0.15, 0.2) is 60.1 Å². The third kappa shape index (κ3) is 4.20. The maximum atomic E-state index is 12.8. The fourth-order valence-corrected chi connectivity index (χ4v) is 3.56. The number of benzene rings is 2. The molecule has 0 fully saturated rings. The van der Waals surface area contributed by atoms with Crippen LogP contribution in [0.25, 0.3) is 10.9 Å². The van der Waals surface area contributed by atoms with Crippen molar-refractivity contribution in [3.63, 3.8) is 0 Å². The third-order valence-electron chi connectivity index (χ3n) is 4.36. The number of thiazole rings is 1. The van der Waals surface area contributed by atoms with Gasteiger partial charge in [-0.1, -0.05) is 6.07 Å². The summed E-state index contributed by atoms with van der Waals surface area (Å²) < 4.78 is 11.2. The molecule has 0 saturated carbocycles. The molecule has 2 aromatic heterocycles. The van der Waals surface area contributed by atoms with Crippen molar-refractivity contribution in [2.24, 2.45) is 0 Å². The zero-order chi connectivity index (χ0) is 20.2. The van der Waals surface area contributed by atoms with Crippen molar-refractivity contribution in [1.29, 1.82) is 0 Å². The van der Waals surface area contributed by atoms with Gasteiger partial charge in [0.15, 0.2) is 11.5 Å². The van der Waals surface area contributed by atoms with Crippen LogP contribution < -0.4 is 14.8 Å². The number of amides is 1. The molecular formula is C22H19N3O3S. The second-order valence-corrected chi connectivity index (χ2v) is 7.40. The SMILES string of the molecule is COc1cc(C(=O)Nc2cccc3ncccc23)ccc1OCc1csc(C)n1. The van der Waals surface area contributed by atoms with Crippen molar-refractivity contribution in [3.05, 3.63) is 76.4 Å². The first-order chi connectivity index (χ1) is 14.1. The molecule has 29 heavy (non-hydrogen) atoms. The number of hydrogen-bond donors (Lipinski definition) is 1. The number of carbonyl (C=O) groups is 1. The molecule has 0 aliphatic rings. The van der Waals surface area contributed by atoms with Gasteiger partial charge in [0.1, 0.15) is 6.61 Å². The Hall–Kier alpha value is -3.45. The van der Waals surface area contributed by atoms with E-state index in [1.165, 1.54) is 0 Å². The molecule has 2 heterocycles. The van der Waals surface area contributed by atoms with Crippen molar-refractivity contribution in [2.45, 2.75) is 13.5 Å². The van der Waals surface area contributed by atoms with Gasteiger partial charge in [-0.05, 0) is 49.4 Å². The summed E-state index contributed by atoms with van der Waals surface area (Å²) in [7, 11) is 1.55. The highest BCUT2D eigenvalue weighted by Gasteiger charge is 2.13. The summed E-state index contributed by atoms with van der Waals surface area (Å²) in [6.07, 6.45) is 1.73. The highest BCUT2D eigenvalue weighted by molar-refractivity contribution is 7.09. The molecule has 0 radical (unpaired) electrons. The molecule has 0 unspecified atom stereocenters. The minimum Gasteiger partial charge on any atom is -0.493 e. The molecule has 7 heteroatoms. The van der Waals surface area contributed by atoms with Crippen molar-refractivity contribution >= 4 is 33.8 Å². The van der Waals surface area contributed by atoms with Crippen LogP contribution in [0, 0.1) is 6.92 Å². The molecule has 0 aliphatic carbocycles. The number of pyridine rings is 1. The first-order valence-electron chi connectivity index (χ1n) is 9.01. The van der Waals surface area contributed by atoms with E-state index in [1.54, 1.807) is 42.8 Å². The maximum absolute atomic E-state index is 12.8. The zero-order valence-electron chi connectivity index (χ0n) is 16.0. The highest BCUT2D eigenvalue weighted by Crippen LogP contribution is 2.30. The van der Waals surface area contributed by atoms with Gasteiger partial charge in [0.25, 0.3) is 5.91 Å². The zero-order valence-corrected chi connectivity index (χ0v) is 16.8. The van der Waals surface area contributed by atoms with Crippen molar-refractivity contribution in [2.75, 3.05) is 12.4 Å². The number of aryl methyl sites for hydroxylation is 1. The fourth-order valence-electron chi connectivity index (χ4n) is 2.96. The first-order valence-corrected chi connectivity index (χ1v) is 9.89. The summed E-state index contributed by atoms with van der Waals surface area (Å²) in [5, 5.41) is 6.78. The summed E-state index contributed by atoms with van der Waals surface area (Å²) in [6, 6.07) is 14.5. The molecule has 0 spiro atoms. The Morgan fingerprint density at radius 1 is 1.14 bits per heavy atom. The van der Waals surface area contributed by atoms with Crippen LogP contribution in [0.4, 0.5) is 5.69 Å². The molecule has 1 amide bonds. The Kier molecular flexibility index (Phi) is 5.39. The van der Waals surface area contributed by atoms with E-state index in [-0.39, 0.29) is 5.91 Å². The number of hydrogen-bond acceptors (Lipinski definition) is 6. The van der Waals surface area contributed by atoms with E-state index in [4.69, 9.17) is 9.47 Å². The number of anilines is 1. The van der Waals surface area contributed by atoms with Crippen LogP contribution in [0.2, 0.25) is 0 Å². The van der Waals surface area contributed by atoms with E-state index in [9.17, 15) is 4.79 Å². The number of carbonyl (C=O) groups excluding carboxylic acids is 1. The maximum Gasteiger partial charge on any atom is 0.255 e. The Morgan fingerprint density at radius 3 is 2.83 bits per heavy atom. The number of fused-ring (bicyclic) bond motifs is 1. The van der Waals surface area contributed by atoms with E-state index in [1.807, 2.05) is 42.6 Å². The van der Waals surface area contributed by atoms with E-state index in [0.29, 0.717) is 29.4 Å². The average Bonchev–Trinajstić information content (AvgIpc) is 3.17. The summed E-state index contributed by atoms with van der Waals surface area (Å²) in [5.74, 6) is 0.814. The van der Waals surface area contributed by atoms with Gasteiger partial charge in [0.05, 0.1) is 29.0 Å². The van der Waals surface area contributed by atoms with Gasteiger partial charge < -0.3 is 14.8 Å². The van der Waals surface area contributed by atoms with Crippen LogP contribution in [-0.4, -0.2) is 23.0 Å². The molecular weight excluding hydrogens is 386 g/mol. The van der Waals surface area contributed by atoms with E-state index >= 15 is 0 Å². The largest absolute Gasteiger partial charge is 0.493 e.